The van der Waals surface area contributed by atoms with E-state index < -0.39 is 5.97 Å². The summed E-state index contributed by atoms with van der Waals surface area (Å²) in [5.74, 6) is -1.14. The summed E-state index contributed by atoms with van der Waals surface area (Å²) in [5, 5.41) is 18.2. The molecule has 0 atom stereocenters. The van der Waals surface area contributed by atoms with E-state index in [1.165, 1.54) is 12.3 Å². The lowest BCUT2D eigenvalue weighted by Crippen LogP contribution is -2.05. The van der Waals surface area contributed by atoms with Gasteiger partial charge in [-0.1, -0.05) is 24.3 Å². The maximum atomic E-state index is 11.0. The average Bonchev–Trinajstić information content (AvgIpc) is 2.39. The van der Waals surface area contributed by atoms with E-state index in [9.17, 15) is 9.90 Å². The van der Waals surface area contributed by atoms with Gasteiger partial charge in [0.2, 0.25) is 0 Å². The molecule has 92 valence electrons. The van der Waals surface area contributed by atoms with Crippen LogP contribution in [0, 0.1) is 0 Å². The molecule has 0 saturated carbocycles. The highest BCUT2D eigenvalue weighted by molar-refractivity contribution is 5.94. The van der Waals surface area contributed by atoms with E-state index in [4.69, 9.17) is 10.8 Å². The standard InChI is InChI=1S/C13H12N2O3/c14-12-11(13(17)18)5-9(6-15-12)10-4-2-1-3-8(10)7-16/h1-6,16H,7H2,(H2,14,15)(H,17,18). The third-order valence-electron chi connectivity index (χ3n) is 2.65. The Bertz CT molecular complexity index is 597. The molecule has 2 aromatic rings. The van der Waals surface area contributed by atoms with Crippen molar-refractivity contribution in [3.8, 4) is 11.1 Å². The largest absolute Gasteiger partial charge is 0.478 e. The first kappa shape index (κ1) is 12.1. The lowest BCUT2D eigenvalue weighted by atomic mass is 10.0. The maximum absolute atomic E-state index is 11.0. The van der Waals surface area contributed by atoms with Crippen LogP contribution in [0.1, 0.15) is 15.9 Å². The van der Waals surface area contributed by atoms with Crippen molar-refractivity contribution in [2.24, 2.45) is 0 Å². The van der Waals surface area contributed by atoms with Crippen LogP contribution >= 0.6 is 0 Å². The van der Waals surface area contributed by atoms with Crippen molar-refractivity contribution < 1.29 is 15.0 Å². The molecule has 0 fully saturated rings. The molecule has 0 spiro atoms. The predicted octanol–water partition coefficient (Wildman–Crippen LogP) is 1.52. The van der Waals surface area contributed by atoms with Crippen molar-refractivity contribution in [1.29, 1.82) is 0 Å². The van der Waals surface area contributed by atoms with Gasteiger partial charge in [0.15, 0.2) is 0 Å². The van der Waals surface area contributed by atoms with Crippen molar-refractivity contribution in [3.63, 3.8) is 0 Å². The number of carboxylic acid groups (broad SMARTS) is 1. The van der Waals surface area contributed by atoms with Crippen LogP contribution in [0.4, 0.5) is 5.82 Å². The van der Waals surface area contributed by atoms with Gasteiger partial charge in [0.05, 0.1) is 6.61 Å². The Hall–Kier alpha value is -2.40. The number of rotatable bonds is 3. The smallest absolute Gasteiger partial charge is 0.339 e. The van der Waals surface area contributed by atoms with E-state index in [1.807, 2.05) is 6.07 Å². The Balaban J connectivity index is 2.58. The number of aromatic nitrogens is 1. The molecule has 1 aromatic heterocycles. The number of aliphatic hydroxyl groups is 1. The Kier molecular flexibility index (Phi) is 3.25. The average molecular weight is 244 g/mol. The lowest BCUT2D eigenvalue weighted by molar-refractivity contribution is 0.0697. The first-order valence-electron chi connectivity index (χ1n) is 5.31. The van der Waals surface area contributed by atoms with Gasteiger partial charge in [-0.3, -0.25) is 0 Å². The van der Waals surface area contributed by atoms with Crippen molar-refractivity contribution in [1.82, 2.24) is 4.98 Å². The van der Waals surface area contributed by atoms with Crippen LogP contribution in [0.2, 0.25) is 0 Å². The van der Waals surface area contributed by atoms with Gasteiger partial charge in [-0.2, -0.15) is 0 Å². The summed E-state index contributed by atoms with van der Waals surface area (Å²) in [7, 11) is 0. The molecule has 18 heavy (non-hydrogen) atoms. The van der Waals surface area contributed by atoms with Crippen LogP contribution in [-0.4, -0.2) is 21.2 Å². The molecule has 0 amide bonds. The third kappa shape index (κ3) is 2.16. The Morgan fingerprint density at radius 3 is 2.72 bits per heavy atom. The van der Waals surface area contributed by atoms with E-state index >= 15 is 0 Å². The van der Waals surface area contributed by atoms with Crippen molar-refractivity contribution in [3.05, 3.63) is 47.7 Å². The zero-order valence-electron chi connectivity index (χ0n) is 9.50. The Morgan fingerprint density at radius 2 is 2.06 bits per heavy atom. The second-order valence-electron chi connectivity index (χ2n) is 3.78. The number of nitrogens with zero attached hydrogens (tertiary/aromatic N) is 1. The van der Waals surface area contributed by atoms with Crippen LogP contribution in [0.5, 0.6) is 0 Å². The number of nitrogens with two attached hydrogens (primary N) is 1. The van der Waals surface area contributed by atoms with Crippen molar-refractivity contribution >= 4 is 11.8 Å². The van der Waals surface area contributed by atoms with Crippen LogP contribution in [0.15, 0.2) is 36.5 Å². The molecule has 5 heteroatoms. The summed E-state index contributed by atoms with van der Waals surface area (Å²) in [6.45, 7) is -0.122. The van der Waals surface area contributed by atoms with Crippen LogP contribution in [0.25, 0.3) is 11.1 Å². The SMILES string of the molecule is Nc1ncc(-c2ccccc2CO)cc1C(=O)O. The number of nitrogen functional groups attached to an aromatic ring is 1. The maximum Gasteiger partial charge on any atom is 0.339 e. The van der Waals surface area contributed by atoms with Gasteiger partial charge in [0.25, 0.3) is 0 Å². The molecule has 4 N–H and O–H groups in total. The molecule has 0 radical (unpaired) electrons. The monoisotopic (exact) mass is 244 g/mol. The summed E-state index contributed by atoms with van der Waals surface area (Å²) in [5.41, 5.74) is 7.53. The molecule has 0 aliphatic carbocycles. The molecule has 1 heterocycles. The fraction of sp³-hybridized carbons (Fsp3) is 0.0769. The van der Waals surface area contributed by atoms with E-state index in [0.29, 0.717) is 11.1 Å². The predicted molar refractivity (Wildman–Crippen MR) is 67.0 cm³/mol. The fourth-order valence-corrected chi connectivity index (χ4v) is 1.73. The Morgan fingerprint density at radius 1 is 1.33 bits per heavy atom. The molecule has 1 aromatic carbocycles. The van der Waals surface area contributed by atoms with Gasteiger partial charge in [-0.25, -0.2) is 9.78 Å². The fourth-order valence-electron chi connectivity index (χ4n) is 1.73. The zero-order valence-corrected chi connectivity index (χ0v) is 9.50. The van der Waals surface area contributed by atoms with Crippen LogP contribution in [0.3, 0.4) is 0 Å². The first-order valence-corrected chi connectivity index (χ1v) is 5.31. The first-order chi connectivity index (χ1) is 8.63. The number of anilines is 1. The van der Waals surface area contributed by atoms with E-state index in [-0.39, 0.29) is 18.0 Å². The molecule has 0 aliphatic rings. The van der Waals surface area contributed by atoms with Crippen LogP contribution in [-0.2, 0) is 6.61 Å². The topological polar surface area (TPSA) is 96.4 Å². The van der Waals surface area contributed by atoms with E-state index in [0.717, 1.165) is 5.56 Å². The second kappa shape index (κ2) is 4.85. The van der Waals surface area contributed by atoms with Gasteiger partial charge in [0, 0.05) is 11.8 Å². The van der Waals surface area contributed by atoms with Gasteiger partial charge in [-0.15, -0.1) is 0 Å². The highest BCUT2D eigenvalue weighted by Crippen LogP contribution is 2.25. The molecule has 0 aliphatic heterocycles. The summed E-state index contributed by atoms with van der Waals surface area (Å²) in [6.07, 6.45) is 1.50. The quantitative estimate of drug-likeness (QED) is 0.760. The second-order valence-corrected chi connectivity index (χ2v) is 3.78. The lowest BCUT2D eigenvalue weighted by Gasteiger charge is -2.08. The molecule has 2 rings (SSSR count). The summed E-state index contributed by atoms with van der Waals surface area (Å²) < 4.78 is 0. The van der Waals surface area contributed by atoms with Crippen LogP contribution < -0.4 is 5.73 Å². The number of hydrogen-bond donors (Lipinski definition) is 3. The number of aliphatic hydroxyl groups excluding tert-OH is 1. The highest BCUT2D eigenvalue weighted by atomic mass is 16.4. The molecule has 5 nitrogen and oxygen atoms in total. The normalized spacial score (nSPS) is 10.3. The highest BCUT2D eigenvalue weighted by Gasteiger charge is 2.12. The number of pyridine rings is 1. The van der Waals surface area contributed by atoms with E-state index in [1.54, 1.807) is 18.2 Å². The zero-order chi connectivity index (χ0) is 13.1. The minimum absolute atomic E-state index is 0.0206. The number of aromatic carboxylic acids is 1. The number of carbonyl (C=O) groups is 1. The van der Waals surface area contributed by atoms with Gasteiger partial charge in [-0.05, 0) is 17.2 Å². The minimum atomic E-state index is -1.12. The molecular weight excluding hydrogens is 232 g/mol. The molecule has 0 unspecified atom stereocenters. The molecule has 0 bridgehead atoms. The number of hydrogen-bond acceptors (Lipinski definition) is 4. The third-order valence-corrected chi connectivity index (χ3v) is 2.65. The van der Waals surface area contributed by atoms with Gasteiger partial charge >= 0.3 is 5.97 Å². The Labute approximate surface area is 104 Å². The van der Waals surface area contributed by atoms with Gasteiger partial charge < -0.3 is 15.9 Å². The molecule has 0 saturated heterocycles. The molecular formula is C13H12N2O3. The van der Waals surface area contributed by atoms with Crippen molar-refractivity contribution in [2.45, 2.75) is 6.61 Å². The minimum Gasteiger partial charge on any atom is -0.478 e. The summed E-state index contributed by atoms with van der Waals surface area (Å²) in [4.78, 5) is 14.9. The number of carboxylic acids is 1. The summed E-state index contributed by atoms with van der Waals surface area (Å²) in [6, 6.07) is 8.64. The van der Waals surface area contributed by atoms with Crippen molar-refractivity contribution in [2.75, 3.05) is 5.73 Å². The summed E-state index contributed by atoms with van der Waals surface area (Å²) >= 11 is 0. The number of benzene rings is 1. The van der Waals surface area contributed by atoms with E-state index in [2.05, 4.69) is 4.98 Å². The van der Waals surface area contributed by atoms with Gasteiger partial charge in [0.1, 0.15) is 11.4 Å².